The van der Waals surface area contributed by atoms with Crippen LogP contribution in [0.1, 0.15) is 22.3 Å². The number of anilines is 1. The smallest absolute Gasteiger partial charge is 0.307 e. The zero-order chi connectivity index (χ0) is 17.8. The summed E-state index contributed by atoms with van der Waals surface area (Å²) in [5, 5.41) is 2.22. The van der Waals surface area contributed by atoms with Crippen molar-refractivity contribution in [3.8, 4) is 0 Å². The lowest BCUT2D eigenvalue weighted by atomic mass is 10.1. The van der Waals surface area contributed by atoms with Gasteiger partial charge >= 0.3 is 5.97 Å². The molecular weight excluding hydrogens is 338 g/mol. The predicted molar refractivity (Wildman–Crippen MR) is 95.8 cm³/mol. The standard InChI is InChI=1S/C19H17NO4S/c1-12-6-8-13(9-7-12)15(21)11-24-18(22)10-17-19(23)20-14-4-2-3-5-16(14)25-17/h2-9,17H,10-11H2,1H3,(H,20,23)/t17-/m1/s1. The molecule has 1 aliphatic heterocycles. The molecule has 0 bridgehead atoms. The second kappa shape index (κ2) is 7.53. The van der Waals surface area contributed by atoms with Crippen LogP contribution in [0.3, 0.4) is 0 Å². The summed E-state index contributed by atoms with van der Waals surface area (Å²) in [7, 11) is 0. The van der Waals surface area contributed by atoms with Crippen LogP contribution in [-0.2, 0) is 14.3 Å². The zero-order valence-electron chi connectivity index (χ0n) is 13.7. The molecule has 1 atom stereocenters. The summed E-state index contributed by atoms with van der Waals surface area (Å²) in [6, 6.07) is 14.5. The van der Waals surface area contributed by atoms with Crippen molar-refractivity contribution < 1.29 is 19.1 Å². The van der Waals surface area contributed by atoms with Crippen molar-refractivity contribution in [2.24, 2.45) is 0 Å². The van der Waals surface area contributed by atoms with E-state index in [4.69, 9.17) is 4.74 Å². The number of nitrogens with one attached hydrogen (secondary N) is 1. The highest BCUT2D eigenvalue weighted by Crippen LogP contribution is 2.36. The maximum absolute atomic E-state index is 12.1. The Labute approximate surface area is 149 Å². The number of benzene rings is 2. The number of hydrogen-bond acceptors (Lipinski definition) is 5. The topological polar surface area (TPSA) is 72.5 Å². The van der Waals surface area contributed by atoms with Gasteiger partial charge in [0.15, 0.2) is 12.4 Å². The quantitative estimate of drug-likeness (QED) is 0.658. The number of aryl methyl sites for hydroxylation is 1. The fraction of sp³-hybridized carbons (Fsp3) is 0.211. The van der Waals surface area contributed by atoms with Crippen LogP contribution < -0.4 is 5.32 Å². The molecule has 1 heterocycles. The molecule has 0 aromatic heterocycles. The molecule has 0 spiro atoms. The first kappa shape index (κ1) is 17.2. The van der Waals surface area contributed by atoms with Crippen molar-refractivity contribution in [2.45, 2.75) is 23.5 Å². The van der Waals surface area contributed by atoms with Crippen molar-refractivity contribution in [3.63, 3.8) is 0 Å². The van der Waals surface area contributed by atoms with Crippen molar-refractivity contribution in [2.75, 3.05) is 11.9 Å². The highest BCUT2D eigenvalue weighted by molar-refractivity contribution is 8.01. The number of carbonyl (C=O) groups excluding carboxylic acids is 3. The normalized spacial score (nSPS) is 15.9. The third kappa shape index (κ3) is 4.28. The summed E-state index contributed by atoms with van der Waals surface area (Å²) >= 11 is 1.33. The second-order valence-corrected chi connectivity index (χ2v) is 6.99. The number of esters is 1. The molecule has 2 aromatic rings. The molecule has 0 saturated carbocycles. The first-order chi connectivity index (χ1) is 12.0. The Hall–Kier alpha value is -2.60. The van der Waals surface area contributed by atoms with Gasteiger partial charge in [-0.05, 0) is 19.1 Å². The summed E-state index contributed by atoms with van der Waals surface area (Å²) in [6.45, 7) is 1.61. The van der Waals surface area contributed by atoms with Gasteiger partial charge in [-0.15, -0.1) is 11.8 Å². The van der Waals surface area contributed by atoms with E-state index in [2.05, 4.69) is 5.32 Å². The van der Waals surface area contributed by atoms with Gasteiger partial charge in [0.2, 0.25) is 5.91 Å². The minimum Gasteiger partial charge on any atom is -0.457 e. The largest absolute Gasteiger partial charge is 0.457 e. The molecule has 0 aliphatic carbocycles. The van der Waals surface area contributed by atoms with E-state index in [1.54, 1.807) is 12.1 Å². The number of carbonyl (C=O) groups is 3. The Morgan fingerprint density at radius 2 is 1.84 bits per heavy atom. The van der Waals surface area contributed by atoms with Crippen LogP contribution in [0, 0.1) is 6.92 Å². The number of ketones is 1. The Morgan fingerprint density at radius 3 is 2.60 bits per heavy atom. The van der Waals surface area contributed by atoms with E-state index < -0.39 is 11.2 Å². The molecular formula is C19H17NO4S. The van der Waals surface area contributed by atoms with Gasteiger partial charge in [-0.25, -0.2) is 0 Å². The van der Waals surface area contributed by atoms with Gasteiger partial charge < -0.3 is 10.1 Å². The maximum atomic E-state index is 12.1. The highest BCUT2D eigenvalue weighted by Gasteiger charge is 2.29. The van der Waals surface area contributed by atoms with E-state index >= 15 is 0 Å². The van der Waals surface area contributed by atoms with Crippen molar-refractivity contribution in [1.82, 2.24) is 0 Å². The number of Topliss-reactive ketones (excluding diaryl/α,β-unsaturated/α-hetero) is 1. The van der Waals surface area contributed by atoms with Gasteiger partial charge in [-0.1, -0.05) is 42.0 Å². The van der Waals surface area contributed by atoms with Crippen molar-refractivity contribution >= 4 is 35.1 Å². The van der Waals surface area contributed by atoms with Crippen LogP contribution in [0.5, 0.6) is 0 Å². The molecule has 5 nitrogen and oxygen atoms in total. The summed E-state index contributed by atoms with van der Waals surface area (Å²) in [6.07, 6.45) is -0.0774. The van der Waals surface area contributed by atoms with E-state index in [-0.39, 0.29) is 24.7 Å². The van der Waals surface area contributed by atoms with Crippen molar-refractivity contribution in [3.05, 3.63) is 59.7 Å². The number of para-hydroxylation sites is 1. The second-order valence-electron chi connectivity index (χ2n) is 5.75. The lowest BCUT2D eigenvalue weighted by Crippen LogP contribution is -2.31. The molecule has 6 heteroatoms. The molecule has 128 valence electrons. The fourth-order valence-corrected chi connectivity index (χ4v) is 3.50. The monoisotopic (exact) mass is 355 g/mol. The van der Waals surface area contributed by atoms with E-state index in [0.717, 1.165) is 16.1 Å². The van der Waals surface area contributed by atoms with Crippen LogP contribution in [0.15, 0.2) is 53.4 Å². The molecule has 3 rings (SSSR count). The minimum atomic E-state index is -0.563. The molecule has 0 radical (unpaired) electrons. The molecule has 1 aliphatic rings. The SMILES string of the molecule is Cc1ccc(C(=O)COC(=O)C[C@H]2Sc3ccccc3NC2=O)cc1. The van der Waals surface area contributed by atoms with E-state index in [1.165, 1.54) is 11.8 Å². The third-order valence-corrected chi connectivity index (χ3v) is 5.07. The number of hydrogen-bond donors (Lipinski definition) is 1. The number of fused-ring (bicyclic) bond motifs is 1. The summed E-state index contributed by atoms with van der Waals surface area (Å²) in [5.41, 5.74) is 2.29. The van der Waals surface area contributed by atoms with Gasteiger partial charge in [0, 0.05) is 10.5 Å². The molecule has 1 amide bonds. The van der Waals surface area contributed by atoms with E-state index in [9.17, 15) is 14.4 Å². The number of rotatable bonds is 5. The van der Waals surface area contributed by atoms with Gasteiger partial charge in [0.1, 0.15) is 0 Å². The van der Waals surface area contributed by atoms with Crippen LogP contribution in [0.25, 0.3) is 0 Å². The average Bonchev–Trinajstić information content (AvgIpc) is 2.61. The molecule has 2 aromatic carbocycles. The highest BCUT2D eigenvalue weighted by atomic mass is 32.2. The lowest BCUT2D eigenvalue weighted by Gasteiger charge is -2.23. The number of ether oxygens (including phenoxy) is 1. The molecule has 25 heavy (non-hydrogen) atoms. The zero-order valence-corrected chi connectivity index (χ0v) is 14.5. The summed E-state index contributed by atoms with van der Waals surface area (Å²) < 4.78 is 5.05. The minimum absolute atomic E-state index is 0.0774. The first-order valence-corrected chi connectivity index (χ1v) is 8.73. The van der Waals surface area contributed by atoms with Gasteiger partial charge in [0.05, 0.1) is 17.4 Å². The van der Waals surface area contributed by atoms with Crippen LogP contribution in [0.4, 0.5) is 5.69 Å². The lowest BCUT2D eigenvalue weighted by molar-refractivity contribution is -0.143. The number of thioether (sulfide) groups is 1. The van der Waals surface area contributed by atoms with Crippen molar-refractivity contribution in [1.29, 1.82) is 0 Å². The third-order valence-electron chi connectivity index (χ3n) is 3.80. The fourth-order valence-electron chi connectivity index (χ4n) is 2.41. The summed E-state index contributed by atoms with van der Waals surface area (Å²) in [5.74, 6) is -1.06. The summed E-state index contributed by atoms with van der Waals surface area (Å²) in [4.78, 5) is 37.0. The van der Waals surface area contributed by atoms with Gasteiger partial charge in [-0.2, -0.15) is 0 Å². The van der Waals surface area contributed by atoms with E-state index in [0.29, 0.717) is 5.56 Å². The van der Waals surface area contributed by atoms with Gasteiger partial charge in [0.25, 0.3) is 0 Å². The van der Waals surface area contributed by atoms with Gasteiger partial charge in [-0.3, -0.25) is 14.4 Å². The molecule has 0 saturated heterocycles. The predicted octanol–water partition coefficient (Wildman–Crippen LogP) is 3.22. The maximum Gasteiger partial charge on any atom is 0.307 e. The van der Waals surface area contributed by atoms with E-state index in [1.807, 2.05) is 43.3 Å². The Kier molecular flexibility index (Phi) is 5.19. The average molecular weight is 355 g/mol. The van der Waals surface area contributed by atoms with Crippen LogP contribution in [-0.4, -0.2) is 29.5 Å². The van der Waals surface area contributed by atoms with Crippen LogP contribution >= 0.6 is 11.8 Å². The number of amides is 1. The Balaban J connectivity index is 1.53. The van der Waals surface area contributed by atoms with Crippen LogP contribution in [0.2, 0.25) is 0 Å². The Bertz CT molecular complexity index is 816. The molecule has 0 unspecified atom stereocenters. The molecule has 1 N–H and O–H groups in total. The first-order valence-electron chi connectivity index (χ1n) is 7.85. The molecule has 0 fully saturated rings. The Morgan fingerprint density at radius 1 is 1.12 bits per heavy atom.